The molecule has 2 fully saturated rings. The van der Waals surface area contributed by atoms with Crippen molar-refractivity contribution in [2.75, 3.05) is 13.2 Å². The van der Waals surface area contributed by atoms with Crippen molar-refractivity contribution in [3.63, 3.8) is 0 Å². The van der Waals surface area contributed by atoms with E-state index in [0.717, 1.165) is 29.1 Å². The summed E-state index contributed by atoms with van der Waals surface area (Å²) in [5.74, 6) is 0.0865. The van der Waals surface area contributed by atoms with Gasteiger partial charge in [-0.15, -0.1) is 11.3 Å². The number of fused-ring (bicyclic) bond motifs is 1. The Morgan fingerprint density at radius 2 is 2.30 bits per heavy atom. The molecular weight excluding hydrogens is 310 g/mol. The van der Waals surface area contributed by atoms with Crippen molar-refractivity contribution in [2.24, 2.45) is 0 Å². The van der Waals surface area contributed by atoms with Gasteiger partial charge in [0, 0.05) is 23.7 Å². The number of ether oxygens (including phenoxy) is 1. The molecule has 5 nitrogen and oxygen atoms in total. The number of thiazole rings is 1. The third-order valence-corrected chi connectivity index (χ3v) is 5.59. The fourth-order valence-electron chi connectivity index (χ4n) is 3.67. The van der Waals surface area contributed by atoms with E-state index < -0.39 is 0 Å². The minimum absolute atomic E-state index is 0.0865. The normalized spacial score (nSPS) is 24.5. The number of aryl methyl sites for hydroxylation is 1. The highest BCUT2D eigenvalue weighted by Crippen LogP contribution is 2.30. The van der Waals surface area contributed by atoms with Crippen LogP contribution in [0.5, 0.6) is 0 Å². The lowest BCUT2D eigenvalue weighted by molar-refractivity contribution is -0.0754. The predicted octanol–water partition coefficient (Wildman–Crippen LogP) is 3.23. The molecule has 1 saturated carbocycles. The maximum Gasteiger partial charge on any atom is 0.270 e. The van der Waals surface area contributed by atoms with E-state index in [1.807, 2.05) is 29.5 Å². The molecule has 2 aliphatic rings. The lowest BCUT2D eigenvalue weighted by atomic mass is 9.90. The zero-order valence-electron chi connectivity index (χ0n) is 13.2. The fraction of sp³-hybridized carbons (Fsp3) is 0.529. The third-order valence-electron chi connectivity index (χ3n) is 4.82. The molecule has 4 rings (SSSR count). The summed E-state index contributed by atoms with van der Waals surface area (Å²) in [6.07, 6.45) is 6.61. The average molecular weight is 331 g/mol. The van der Waals surface area contributed by atoms with Crippen LogP contribution >= 0.6 is 11.3 Å². The molecule has 0 bridgehead atoms. The molecule has 1 aliphatic heterocycles. The number of hydrogen-bond acceptors (Lipinski definition) is 4. The highest BCUT2D eigenvalue weighted by molar-refractivity contribution is 7.09. The van der Waals surface area contributed by atoms with E-state index in [1.54, 1.807) is 11.3 Å². The van der Waals surface area contributed by atoms with Gasteiger partial charge < -0.3 is 14.6 Å². The van der Waals surface area contributed by atoms with E-state index in [2.05, 4.69) is 9.97 Å². The Bertz CT molecular complexity index is 706. The molecular formula is C17H21N3O2S. The van der Waals surface area contributed by atoms with Gasteiger partial charge in [-0.05, 0) is 25.8 Å². The second kappa shape index (κ2) is 6.09. The lowest BCUT2D eigenvalue weighted by Crippen LogP contribution is -2.54. The number of aromatic amines is 1. The summed E-state index contributed by atoms with van der Waals surface area (Å²) < 4.78 is 5.86. The zero-order chi connectivity index (χ0) is 15.8. The molecule has 122 valence electrons. The molecule has 2 atom stereocenters. The molecule has 23 heavy (non-hydrogen) atoms. The number of amides is 1. The standard InChI is InChI=1S/C17H21N3O2S/c1-11-19-14(10-23-11)12-8-13(18-9-12)17(21)20-6-7-22-16-5-3-2-4-15(16)20/h8-10,15-16,18H,2-7H2,1H3. The Hall–Kier alpha value is -1.66. The minimum Gasteiger partial charge on any atom is -0.374 e. The van der Waals surface area contributed by atoms with Crippen molar-refractivity contribution >= 4 is 17.2 Å². The second-order valence-corrected chi connectivity index (χ2v) is 7.38. The highest BCUT2D eigenvalue weighted by Gasteiger charge is 2.37. The first-order chi connectivity index (χ1) is 11.2. The molecule has 1 N–H and O–H groups in total. The summed E-state index contributed by atoms with van der Waals surface area (Å²) in [7, 11) is 0. The molecule has 1 amide bonds. The minimum atomic E-state index is 0.0865. The maximum absolute atomic E-state index is 12.9. The largest absolute Gasteiger partial charge is 0.374 e. The lowest BCUT2D eigenvalue weighted by Gasteiger charge is -2.43. The highest BCUT2D eigenvalue weighted by atomic mass is 32.1. The Morgan fingerprint density at radius 3 is 3.13 bits per heavy atom. The Balaban J connectivity index is 1.55. The second-order valence-electron chi connectivity index (χ2n) is 6.31. The van der Waals surface area contributed by atoms with Crippen molar-refractivity contribution in [1.82, 2.24) is 14.9 Å². The van der Waals surface area contributed by atoms with Gasteiger partial charge in [0.1, 0.15) is 5.69 Å². The molecule has 2 aromatic rings. The van der Waals surface area contributed by atoms with Crippen LogP contribution in [0.3, 0.4) is 0 Å². The van der Waals surface area contributed by atoms with Gasteiger partial charge in [-0.25, -0.2) is 4.98 Å². The molecule has 0 aromatic carbocycles. The first-order valence-electron chi connectivity index (χ1n) is 8.26. The van der Waals surface area contributed by atoms with Gasteiger partial charge in [0.25, 0.3) is 5.91 Å². The van der Waals surface area contributed by atoms with Gasteiger partial charge >= 0.3 is 0 Å². The monoisotopic (exact) mass is 331 g/mol. The van der Waals surface area contributed by atoms with Crippen molar-refractivity contribution < 1.29 is 9.53 Å². The van der Waals surface area contributed by atoms with Gasteiger partial charge in [-0.1, -0.05) is 12.8 Å². The Labute approximate surface area is 139 Å². The van der Waals surface area contributed by atoms with Crippen LogP contribution in [0.2, 0.25) is 0 Å². The summed E-state index contributed by atoms with van der Waals surface area (Å²) in [4.78, 5) is 22.6. The predicted molar refractivity (Wildman–Crippen MR) is 89.7 cm³/mol. The molecule has 1 saturated heterocycles. The number of carbonyl (C=O) groups is 1. The SMILES string of the molecule is Cc1nc(-c2c[nH]c(C(=O)N3CCOC4CCCCC43)c2)cs1. The third kappa shape index (κ3) is 2.81. The van der Waals surface area contributed by atoms with Crippen LogP contribution in [0.4, 0.5) is 0 Å². The van der Waals surface area contributed by atoms with E-state index in [4.69, 9.17) is 4.74 Å². The van der Waals surface area contributed by atoms with Crippen LogP contribution in [0.1, 0.15) is 41.2 Å². The Morgan fingerprint density at radius 1 is 1.43 bits per heavy atom. The van der Waals surface area contributed by atoms with E-state index >= 15 is 0 Å². The number of nitrogens with zero attached hydrogens (tertiary/aromatic N) is 2. The first kappa shape index (κ1) is 14.9. The van der Waals surface area contributed by atoms with Crippen molar-refractivity contribution in [2.45, 2.75) is 44.8 Å². The molecule has 2 unspecified atom stereocenters. The molecule has 6 heteroatoms. The summed E-state index contributed by atoms with van der Waals surface area (Å²) >= 11 is 1.62. The summed E-state index contributed by atoms with van der Waals surface area (Å²) in [5.41, 5.74) is 2.56. The number of hydrogen-bond donors (Lipinski definition) is 1. The van der Waals surface area contributed by atoms with Gasteiger partial charge in [-0.3, -0.25) is 4.79 Å². The molecule has 2 aromatic heterocycles. The van der Waals surface area contributed by atoms with Crippen LogP contribution in [-0.4, -0.2) is 46.1 Å². The van der Waals surface area contributed by atoms with Gasteiger partial charge in [0.2, 0.25) is 0 Å². The van der Waals surface area contributed by atoms with Crippen LogP contribution in [0, 0.1) is 6.92 Å². The van der Waals surface area contributed by atoms with Crippen molar-refractivity contribution in [3.05, 3.63) is 28.3 Å². The number of rotatable bonds is 2. The molecule has 3 heterocycles. The molecule has 0 radical (unpaired) electrons. The van der Waals surface area contributed by atoms with E-state index in [1.165, 1.54) is 12.8 Å². The number of aromatic nitrogens is 2. The van der Waals surface area contributed by atoms with E-state index in [0.29, 0.717) is 18.8 Å². The van der Waals surface area contributed by atoms with Crippen LogP contribution < -0.4 is 0 Å². The van der Waals surface area contributed by atoms with E-state index in [-0.39, 0.29) is 18.1 Å². The topological polar surface area (TPSA) is 58.2 Å². The number of carbonyl (C=O) groups excluding carboxylic acids is 1. The van der Waals surface area contributed by atoms with E-state index in [9.17, 15) is 4.79 Å². The summed E-state index contributed by atoms with van der Waals surface area (Å²) in [6.45, 7) is 3.32. The van der Waals surface area contributed by atoms with Crippen LogP contribution in [0.25, 0.3) is 11.3 Å². The van der Waals surface area contributed by atoms with Gasteiger partial charge in [0.05, 0.1) is 29.5 Å². The van der Waals surface area contributed by atoms with Gasteiger partial charge in [-0.2, -0.15) is 0 Å². The smallest absolute Gasteiger partial charge is 0.270 e. The summed E-state index contributed by atoms with van der Waals surface area (Å²) in [5, 5.41) is 3.06. The average Bonchev–Trinajstić information content (AvgIpc) is 3.22. The summed E-state index contributed by atoms with van der Waals surface area (Å²) in [6, 6.07) is 2.16. The van der Waals surface area contributed by atoms with Crippen LogP contribution in [0.15, 0.2) is 17.6 Å². The van der Waals surface area contributed by atoms with Gasteiger partial charge in [0.15, 0.2) is 0 Å². The number of nitrogens with one attached hydrogen (secondary N) is 1. The first-order valence-corrected chi connectivity index (χ1v) is 9.14. The quantitative estimate of drug-likeness (QED) is 0.919. The maximum atomic E-state index is 12.9. The Kier molecular flexibility index (Phi) is 3.95. The van der Waals surface area contributed by atoms with Crippen molar-refractivity contribution in [1.29, 1.82) is 0 Å². The van der Waals surface area contributed by atoms with Crippen LogP contribution in [-0.2, 0) is 4.74 Å². The number of H-pyrrole nitrogens is 1. The zero-order valence-corrected chi connectivity index (χ0v) is 14.1. The number of morpholine rings is 1. The fourth-order valence-corrected chi connectivity index (χ4v) is 4.29. The molecule has 0 spiro atoms. The van der Waals surface area contributed by atoms with Crippen molar-refractivity contribution in [3.8, 4) is 11.3 Å². The molecule has 1 aliphatic carbocycles.